The van der Waals surface area contributed by atoms with E-state index in [0.29, 0.717) is 12.5 Å². The van der Waals surface area contributed by atoms with Crippen LogP contribution in [0, 0.1) is 23.2 Å². The Labute approximate surface area is 75.0 Å². The average Bonchev–Trinajstić information content (AvgIpc) is 2.83. The normalized spacial score (nSPS) is 21.4. The van der Waals surface area contributed by atoms with Gasteiger partial charge in [-0.3, -0.25) is 0 Å². The molecule has 0 heterocycles. The van der Waals surface area contributed by atoms with Crippen molar-refractivity contribution in [2.45, 2.75) is 39.2 Å². The van der Waals surface area contributed by atoms with E-state index in [-0.39, 0.29) is 0 Å². The number of nitrogens with zero attached hydrogens (tertiary/aromatic N) is 1. The Morgan fingerprint density at radius 3 is 2.67 bits per heavy atom. The van der Waals surface area contributed by atoms with Crippen molar-refractivity contribution in [2.75, 3.05) is 6.54 Å². The van der Waals surface area contributed by atoms with Crippen LogP contribution in [-0.2, 0) is 0 Å². The van der Waals surface area contributed by atoms with E-state index in [1.165, 1.54) is 12.8 Å². The third-order valence-electron chi connectivity index (χ3n) is 2.61. The summed E-state index contributed by atoms with van der Waals surface area (Å²) in [5.74, 6) is 1.76. The molecule has 0 bridgehead atoms. The summed E-state index contributed by atoms with van der Waals surface area (Å²) < 4.78 is 0. The van der Waals surface area contributed by atoms with Crippen LogP contribution in [-0.4, -0.2) is 12.6 Å². The van der Waals surface area contributed by atoms with Crippen molar-refractivity contribution in [2.24, 2.45) is 11.8 Å². The lowest BCUT2D eigenvalue weighted by Crippen LogP contribution is -2.30. The van der Waals surface area contributed by atoms with Crippen LogP contribution in [0.25, 0.3) is 0 Å². The van der Waals surface area contributed by atoms with Gasteiger partial charge >= 0.3 is 0 Å². The third kappa shape index (κ3) is 3.23. The SMILES string of the molecule is CC(CC#N)NCC(C)C1CC1. The maximum atomic E-state index is 8.43. The Hall–Kier alpha value is -0.550. The minimum Gasteiger partial charge on any atom is -0.313 e. The lowest BCUT2D eigenvalue weighted by atomic mass is 10.1. The molecule has 2 unspecified atom stereocenters. The minimum absolute atomic E-state index is 0.358. The first-order valence-electron chi connectivity index (χ1n) is 4.84. The summed E-state index contributed by atoms with van der Waals surface area (Å²) in [6.07, 6.45) is 3.45. The van der Waals surface area contributed by atoms with Gasteiger partial charge in [0.15, 0.2) is 0 Å². The van der Waals surface area contributed by atoms with Gasteiger partial charge < -0.3 is 5.32 Å². The monoisotopic (exact) mass is 166 g/mol. The Morgan fingerprint density at radius 1 is 1.50 bits per heavy atom. The Balaban J connectivity index is 2.03. The van der Waals surface area contributed by atoms with Crippen molar-refractivity contribution < 1.29 is 0 Å². The van der Waals surface area contributed by atoms with Gasteiger partial charge in [-0.15, -0.1) is 0 Å². The predicted octanol–water partition coefficient (Wildman–Crippen LogP) is 1.92. The highest BCUT2D eigenvalue weighted by molar-refractivity contribution is 4.82. The van der Waals surface area contributed by atoms with Gasteiger partial charge in [0, 0.05) is 6.04 Å². The van der Waals surface area contributed by atoms with Gasteiger partial charge in [-0.1, -0.05) is 6.92 Å². The highest BCUT2D eigenvalue weighted by Gasteiger charge is 2.27. The van der Waals surface area contributed by atoms with Gasteiger partial charge in [-0.05, 0) is 38.1 Å². The first kappa shape index (κ1) is 9.54. The zero-order valence-electron chi connectivity index (χ0n) is 8.01. The summed E-state index contributed by atoms with van der Waals surface area (Å²) in [6.45, 7) is 5.44. The molecule has 2 heteroatoms. The lowest BCUT2D eigenvalue weighted by Gasteiger charge is -2.14. The molecule has 0 spiro atoms. The van der Waals surface area contributed by atoms with E-state index in [1.54, 1.807) is 0 Å². The van der Waals surface area contributed by atoms with Gasteiger partial charge in [0.05, 0.1) is 12.5 Å². The predicted molar refractivity (Wildman–Crippen MR) is 49.6 cm³/mol. The molecule has 0 aromatic rings. The highest BCUT2D eigenvalue weighted by Crippen LogP contribution is 2.36. The molecule has 1 aliphatic carbocycles. The Morgan fingerprint density at radius 2 is 2.17 bits per heavy atom. The van der Waals surface area contributed by atoms with Crippen molar-refractivity contribution in [3.63, 3.8) is 0 Å². The van der Waals surface area contributed by atoms with Gasteiger partial charge in [0.25, 0.3) is 0 Å². The summed E-state index contributed by atoms with van der Waals surface area (Å²) in [4.78, 5) is 0. The summed E-state index contributed by atoms with van der Waals surface area (Å²) in [7, 11) is 0. The molecule has 2 atom stereocenters. The van der Waals surface area contributed by atoms with Gasteiger partial charge in [-0.2, -0.15) is 5.26 Å². The molecule has 2 nitrogen and oxygen atoms in total. The second kappa shape index (κ2) is 4.47. The van der Waals surface area contributed by atoms with Crippen LogP contribution in [0.15, 0.2) is 0 Å². The summed E-state index contributed by atoms with van der Waals surface area (Å²) in [6, 6.07) is 2.53. The molecule has 1 rings (SSSR count). The van der Waals surface area contributed by atoms with Crippen molar-refractivity contribution in [1.29, 1.82) is 5.26 Å². The Bertz CT molecular complexity index is 167. The fraction of sp³-hybridized carbons (Fsp3) is 0.900. The van der Waals surface area contributed by atoms with E-state index in [0.717, 1.165) is 18.4 Å². The molecule has 12 heavy (non-hydrogen) atoms. The van der Waals surface area contributed by atoms with Crippen LogP contribution < -0.4 is 5.32 Å². The summed E-state index contributed by atoms with van der Waals surface area (Å²) in [5, 5.41) is 11.8. The zero-order valence-corrected chi connectivity index (χ0v) is 8.01. The van der Waals surface area contributed by atoms with E-state index < -0.39 is 0 Å². The van der Waals surface area contributed by atoms with E-state index in [4.69, 9.17) is 5.26 Å². The van der Waals surface area contributed by atoms with Crippen LogP contribution >= 0.6 is 0 Å². The second-order valence-corrected chi connectivity index (χ2v) is 3.99. The maximum Gasteiger partial charge on any atom is 0.0638 e. The Kier molecular flexibility index (Phi) is 3.55. The van der Waals surface area contributed by atoms with E-state index in [2.05, 4.69) is 25.2 Å². The molecule has 0 amide bonds. The number of hydrogen-bond acceptors (Lipinski definition) is 2. The number of rotatable bonds is 5. The largest absolute Gasteiger partial charge is 0.313 e. The van der Waals surface area contributed by atoms with E-state index in [1.807, 2.05) is 0 Å². The smallest absolute Gasteiger partial charge is 0.0638 e. The van der Waals surface area contributed by atoms with Crippen molar-refractivity contribution in [3.05, 3.63) is 0 Å². The fourth-order valence-electron chi connectivity index (χ4n) is 1.43. The zero-order chi connectivity index (χ0) is 8.97. The van der Waals surface area contributed by atoms with Crippen molar-refractivity contribution in [3.8, 4) is 6.07 Å². The molecule has 1 saturated carbocycles. The molecule has 1 fully saturated rings. The molecule has 0 saturated heterocycles. The second-order valence-electron chi connectivity index (χ2n) is 3.99. The number of nitriles is 1. The minimum atomic E-state index is 0.358. The topological polar surface area (TPSA) is 35.8 Å². The molecular formula is C10H18N2. The standard InChI is InChI=1S/C10H18N2/c1-8(10-3-4-10)7-12-9(2)5-6-11/h8-10,12H,3-5,7H2,1-2H3. The third-order valence-corrected chi connectivity index (χ3v) is 2.61. The van der Waals surface area contributed by atoms with Crippen LogP contribution in [0.5, 0.6) is 0 Å². The molecule has 1 aliphatic rings. The first-order chi connectivity index (χ1) is 5.74. The number of nitrogens with one attached hydrogen (secondary N) is 1. The van der Waals surface area contributed by atoms with Crippen LogP contribution in [0.4, 0.5) is 0 Å². The maximum absolute atomic E-state index is 8.43. The molecule has 1 N–H and O–H groups in total. The van der Waals surface area contributed by atoms with Crippen LogP contribution in [0.3, 0.4) is 0 Å². The molecule has 0 radical (unpaired) electrons. The fourth-order valence-corrected chi connectivity index (χ4v) is 1.43. The van der Waals surface area contributed by atoms with Crippen molar-refractivity contribution >= 4 is 0 Å². The van der Waals surface area contributed by atoms with Crippen LogP contribution in [0.1, 0.15) is 33.1 Å². The van der Waals surface area contributed by atoms with Crippen molar-refractivity contribution in [1.82, 2.24) is 5.32 Å². The highest BCUT2D eigenvalue weighted by atomic mass is 14.9. The molecule has 0 aliphatic heterocycles. The first-order valence-corrected chi connectivity index (χ1v) is 4.84. The molecule has 0 aromatic heterocycles. The quantitative estimate of drug-likeness (QED) is 0.677. The van der Waals surface area contributed by atoms with Gasteiger partial charge in [0.2, 0.25) is 0 Å². The van der Waals surface area contributed by atoms with Crippen LogP contribution in [0.2, 0.25) is 0 Å². The summed E-state index contributed by atoms with van der Waals surface area (Å²) in [5.41, 5.74) is 0. The lowest BCUT2D eigenvalue weighted by molar-refractivity contribution is 0.428. The molecule has 68 valence electrons. The van der Waals surface area contributed by atoms with Gasteiger partial charge in [-0.25, -0.2) is 0 Å². The molecular weight excluding hydrogens is 148 g/mol. The summed E-state index contributed by atoms with van der Waals surface area (Å²) >= 11 is 0. The van der Waals surface area contributed by atoms with Gasteiger partial charge in [0.1, 0.15) is 0 Å². The number of hydrogen-bond donors (Lipinski definition) is 1. The van der Waals surface area contributed by atoms with E-state index >= 15 is 0 Å². The van der Waals surface area contributed by atoms with E-state index in [9.17, 15) is 0 Å². The average molecular weight is 166 g/mol. The molecule has 0 aromatic carbocycles.